The Bertz CT molecular complexity index is 540. The van der Waals surface area contributed by atoms with Gasteiger partial charge in [-0.25, -0.2) is 0 Å². The smallest absolute Gasteiger partial charge is 0.0347 e. The molecule has 0 fully saturated rings. The van der Waals surface area contributed by atoms with Crippen molar-refractivity contribution in [2.24, 2.45) is 0 Å². The van der Waals surface area contributed by atoms with Crippen molar-refractivity contribution in [1.82, 2.24) is 4.90 Å². The van der Waals surface area contributed by atoms with Gasteiger partial charge in [0.25, 0.3) is 0 Å². The third kappa shape index (κ3) is 4.08. The van der Waals surface area contributed by atoms with Crippen LogP contribution in [0.5, 0.6) is 0 Å². The van der Waals surface area contributed by atoms with Gasteiger partial charge in [-0.3, -0.25) is 0 Å². The van der Waals surface area contributed by atoms with Crippen molar-refractivity contribution in [3.63, 3.8) is 0 Å². The molecule has 2 aromatic carbocycles. The van der Waals surface area contributed by atoms with Crippen LogP contribution >= 0.6 is 15.9 Å². The van der Waals surface area contributed by atoms with Crippen molar-refractivity contribution in [3.8, 4) is 0 Å². The highest BCUT2D eigenvalue weighted by Crippen LogP contribution is 2.18. The first-order chi connectivity index (χ1) is 9.16. The Morgan fingerprint density at radius 2 is 1.63 bits per heavy atom. The monoisotopic (exact) mass is 318 g/mol. The van der Waals surface area contributed by atoms with Crippen LogP contribution in [0.15, 0.2) is 53.0 Å². The molecule has 0 saturated carbocycles. The van der Waals surface area contributed by atoms with Crippen LogP contribution in [0.3, 0.4) is 0 Å². The maximum Gasteiger partial charge on any atom is 0.0347 e. The van der Waals surface area contributed by atoms with Gasteiger partial charge in [-0.2, -0.15) is 0 Å². The largest absolute Gasteiger partial charge is 0.399 e. The van der Waals surface area contributed by atoms with Gasteiger partial charge in [0.1, 0.15) is 0 Å². The van der Waals surface area contributed by atoms with Gasteiger partial charge in [0.15, 0.2) is 0 Å². The predicted octanol–water partition coefficient (Wildman–Crippen LogP) is 3.71. The maximum absolute atomic E-state index is 5.96. The van der Waals surface area contributed by atoms with Gasteiger partial charge in [-0.15, -0.1) is 0 Å². The van der Waals surface area contributed by atoms with E-state index in [9.17, 15) is 0 Å². The van der Waals surface area contributed by atoms with Crippen LogP contribution in [-0.4, -0.2) is 18.5 Å². The number of nitrogens with zero attached hydrogens (tertiary/aromatic N) is 1. The summed E-state index contributed by atoms with van der Waals surface area (Å²) in [6.07, 6.45) is 0.980. The molecule has 0 aromatic heterocycles. The first-order valence-corrected chi connectivity index (χ1v) is 7.21. The summed E-state index contributed by atoms with van der Waals surface area (Å²) in [6.45, 7) is 1.93. The number of nitrogen functional groups attached to an aromatic ring is 1. The molecule has 100 valence electrons. The highest BCUT2D eigenvalue weighted by molar-refractivity contribution is 9.10. The average Bonchev–Trinajstić information content (AvgIpc) is 2.40. The zero-order valence-electron chi connectivity index (χ0n) is 11.1. The number of hydrogen-bond donors (Lipinski definition) is 1. The zero-order chi connectivity index (χ0) is 13.7. The molecular weight excluding hydrogens is 300 g/mol. The summed E-state index contributed by atoms with van der Waals surface area (Å²) in [7, 11) is 2.14. The molecule has 19 heavy (non-hydrogen) atoms. The standard InChI is InChI=1S/C16H19BrN2/c1-19(12-14-7-2-4-8-15(14)17)11-10-13-6-3-5-9-16(13)18/h2-9H,10-12,18H2,1H3. The Hall–Kier alpha value is -1.32. The second-order valence-corrected chi connectivity index (χ2v) is 5.63. The number of anilines is 1. The number of para-hydroxylation sites is 1. The van der Waals surface area contributed by atoms with Crippen LogP contribution in [0, 0.1) is 0 Å². The van der Waals surface area contributed by atoms with E-state index in [-0.39, 0.29) is 0 Å². The van der Waals surface area contributed by atoms with E-state index in [1.807, 2.05) is 24.3 Å². The van der Waals surface area contributed by atoms with Gasteiger partial charge in [-0.1, -0.05) is 52.3 Å². The fourth-order valence-corrected chi connectivity index (χ4v) is 2.48. The third-order valence-electron chi connectivity index (χ3n) is 3.22. The molecule has 0 aliphatic rings. The molecule has 0 bridgehead atoms. The molecule has 0 atom stereocenters. The first-order valence-electron chi connectivity index (χ1n) is 6.42. The molecule has 0 aliphatic heterocycles. The van der Waals surface area contributed by atoms with E-state index in [0.717, 1.165) is 25.2 Å². The van der Waals surface area contributed by atoms with E-state index in [2.05, 4.69) is 52.1 Å². The van der Waals surface area contributed by atoms with Crippen molar-refractivity contribution >= 4 is 21.6 Å². The molecule has 2 N–H and O–H groups in total. The van der Waals surface area contributed by atoms with Gasteiger partial charge in [0, 0.05) is 23.2 Å². The summed E-state index contributed by atoms with van der Waals surface area (Å²) in [5, 5.41) is 0. The van der Waals surface area contributed by atoms with Crippen LogP contribution in [0.4, 0.5) is 5.69 Å². The van der Waals surface area contributed by atoms with E-state index in [0.29, 0.717) is 0 Å². The highest BCUT2D eigenvalue weighted by Gasteiger charge is 2.05. The molecule has 2 nitrogen and oxygen atoms in total. The Morgan fingerprint density at radius 1 is 1.00 bits per heavy atom. The van der Waals surface area contributed by atoms with Gasteiger partial charge in [0.05, 0.1) is 0 Å². The number of likely N-dealkylation sites (N-methyl/N-ethyl adjacent to an activating group) is 1. The van der Waals surface area contributed by atoms with E-state index in [4.69, 9.17) is 5.73 Å². The minimum Gasteiger partial charge on any atom is -0.399 e. The van der Waals surface area contributed by atoms with Crippen molar-refractivity contribution in [3.05, 3.63) is 64.1 Å². The Balaban J connectivity index is 1.90. The van der Waals surface area contributed by atoms with Crippen LogP contribution in [0.1, 0.15) is 11.1 Å². The lowest BCUT2D eigenvalue weighted by Gasteiger charge is -2.18. The van der Waals surface area contributed by atoms with E-state index in [1.54, 1.807) is 0 Å². The van der Waals surface area contributed by atoms with Gasteiger partial charge in [0.2, 0.25) is 0 Å². The third-order valence-corrected chi connectivity index (χ3v) is 3.99. The minimum absolute atomic E-state index is 0.886. The predicted molar refractivity (Wildman–Crippen MR) is 85.0 cm³/mol. The molecule has 0 radical (unpaired) electrons. The van der Waals surface area contributed by atoms with Crippen LogP contribution in [-0.2, 0) is 13.0 Å². The Labute approximate surface area is 123 Å². The van der Waals surface area contributed by atoms with E-state index >= 15 is 0 Å². The number of benzene rings is 2. The van der Waals surface area contributed by atoms with Gasteiger partial charge >= 0.3 is 0 Å². The lowest BCUT2D eigenvalue weighted by atomic mass is 10.1. The highest BCUT2D eigenvalue weighted by atomic mass is 79.9. The minimum atomic E-state index is 0.886. The number of nitrogens with two attached hydrogens (primary N) is 1. The molecule has 0 aliphatic carbocycles. The molecule has 2 aromatic rings. The lowest BCUT2D eigenvalue weighted by molar-refractivity contribution is 0.331. The van der Waals surface area contributed by atoms with Gasteiger partial charge in [-0.05, 0) is 36.7 Å². The molecule has 0 unspecified atom stereocenters. The number of halogens is 1. The van der Waals surface area contributed by atoms with Gasteiger partial charge < -0.3 is 10.6 Å². The quantitative estimate of drug-likeness (QED) is 0.852. The lowest BCUT2D eigenvalue weighted by Crippen LogP contribution is -2.21. The molecule has 2 rings (SSSR count). The fraction of sp³-hybridized carbons (Fsp3) is 0.250. The molecule has 0 spiro atoms. The van der Waals surface area contributed by atoms with Crippen LogP contribution in [0.2, 0.25) is 0 Å². The second-order valence-electron chi connectivity index (χ2n) is 4.78. The van der Waals surface area contributed by atoms with E-state index in [1.165, 1.54) is 15.6 Å². The molecule has 0 saturated heterocycles. The van der Waals surface area contributed by atoms with Crippen molar-refractivity contribution in [2.45, 2.75) is 13.0 Å². The normalized spacial score (nSPS) is 10.9. The molecule has 0 amide bonds. The summed E-state index contributed by atoms with van der Waals surface area (Å²) in [4.78, 5) is 2.31. The van der Waals surface area contributed by atoms with Crippen molar-refractivity contribution < 1.29 is 0 Å². The average molecular weight is 319 g/mol. The van der Waals surface area contributed by atoms with Crippen LogP contribution in [0.25, 0.3) is 0 Å². The topological polar surface area (TPSA) is 29.3 Å². The Kier molecular flexibility index (Phi) is 5.00. The van der Waals surface area contributed by atoms with Crippen LogP contribution < -0.4 is 5.73 Å². The molecular formula is C16H19BrN2. The summed E-state index contributed by atoms with van der Waals surface area (Å²) in [6, 6.07) is 16.4. The zero-order valence-corrected chi connectivity index (χ0v) is 12.7. The second kappa shape index (κ2) is 6.73. The summed E-state index contributed by atoms with van der Waals surface area (Å²) in [5.74, 6) is 0. The van der Waals surface area contributed by atoms with Crippen molar-refractivity contribution in [2.75, 3.05) is 19.3 Å². The van der Waals surface area contributed by atoms with Crippen molar-refractivity contribution in [1.29, 1.82) is 0 Å². The number of rotatable bonds is 5. The summed E-state index contributed by atoms with van der Waals surface area (Å²) < 4.78 is 1.17. The Morgan fingerprint density at radius 3 is 2.32 bits per heavy atom. The molecule has 3 heteroatoms. The fourth-order valence-electron chi connectivity index (χ4n) is 2.07. The number of hydrogen-bond acceptors (Lipinski definition) is 2. The first kappa shape index (κ1) is 14.1. The maximum atomic E-state index is 5.96. The summed E-state index contributed by atoms with van der Waals surface area (Å²) in [5.41, 5.74) is 9.38. The SMILES string of the molecule is CN(CCc1ccccc1N)Cc1ccccc1Br. The van der Waals surface area contributed by atoms with E-state index < -0.39 is 0 Å². The molecule has 0 heterocycles. The summed E-state index contributed by atoms with van der Waals surface area (Å²) >= 11 is 3.59.